The smallest absolute Gasteiger partial charge is 0.261 e. The third kappa shape index (κ3) is 4.20. The van der Waals surface area contributed by atoms with E-state index in [1.54, 1.807) is 20.0 Å². The van der Waals surface area contributed by atoms with Gasteiger partial charge in [-0.15, -0.1) is 11.3 Å². The number of nitrogens with one attached hydrogen (secondary N) is 2. The summed E-state index contributed by atoms with van der Waals surface area (Å²) in [4.78, 5) is 42.1. The molecule has 5 heterocycles. The Morgan fingerprint density at radius 1 is 1.08 bits per heavy atom. The van der Waals surface area contributed by atoms with Crippen LogP contribution in [0.25, 0.3) is 32.3 Å². The monoisotopic (exact) mass is 516 g/mol. The molecular weight excluding hydrogens is 488 g/mol. The first-order valence-corrected chi connectivity index (χ1v) is 13.2. The number of imide groups is 1. The fourth-order valence-electron chi connectivity index (χ4n) is 5.58. The summed E-state index contributed by atoms with van der Waals surface area (Å²) in [5, 5.41) is 16.3. The summed E-state index contributed by atoms with van der Waals surface area (Å²) in [5.41, 5.74) is 7.68. The van der Waals surface area contributed by atoms with Crippen LogP contribution in [0.2, 0.25) is 0 Å². The Morgan fingerprint density at radius 2 is 1.81 bits per heavy atom. The Hall–Kier alpha value is -3.60. The van der Waals surface area contributed by atoms with Gasteiger partial charge in [-0.3, -0.25) is 14.9 Å². The normalized spacial score (nSPS) is 18.3. The zero-order valence-electron chi connectivity index (χ0n) is 20.7. The van der Waals surface area contributed by atoms with Crippen LogP contribution in [0, 0.1) is 0 Å². The summed E-state index contributed by atoms with van der Waals surface area (Å²) >= 11 is 1.54. The van der Waals surface area contributed by atoms with Crippen molar-refractivity contribution < 1.29 is 14.7 Å². The molecule has 2 amide bonds. The molecule has 4 aromatic rings. The van der Waals surface area contributed by atoms with Crippen LogP contribution >= 0.6 is 11.3 Å². The van der Waals surface area contributed by atoms with E-state index in [2.05, 4.69) is 15.2 Å². The van der Waals surface area contributed by atoms with Crippen molar-refractivity contribution in [1.29, 1.82) is 0 Å². The highest BCUT2D eigenvalue weighted by Gasteiger charge is 2.38. The van der Waals surface area contributed by atoms with Crippen molar-refractivity contribution >= 4 is 61.4 Å². The molecule has 0 bridgehead atoms. The lowest BCUT2D eigenvalue weighted by atomic mass is 9.80. The molecule has 6 rings (SSSR count). The molecule has 0 saturated carbocycles. The molecule has 37 heavy (non-hydrogen) atoms. The van der Waals surface area contributed by atoms with Gasteiger partial charge in [-0.05, 0) is 50.6 Å². The zero-order chi connectivity index (χ0) is 25.9. The number of carbonyl (C=O) groups is 2. The summed E-state index contributed by atoms with van der Waals surface area (Å²) in [6, 6.07) is 9.46. The highest BCUT2D eigenvalue weighted by atomic mass is 32.1. The molecule has 2 aliphatic heterocycles. The van der Waals surface area contributed by atoms with Crippen LogP contribution in [0.4, 0.5) is 5.95 Å². The van der Waals surface area contributed by atoms with Crippen LogP contribution in [0.3, 0.4) is 0 Å². The minimum Gasteiger partial charge on any atom is -0.390 e. The van der Waals surface area contributed by atoms with Gasteiger partial charge in [-0.2, -0.15) is 0 Å². The van der Waals surface area contributed by atoms with E-state index in [4.69, 9.17) is 15.7 Å². The van der Waals surface area contributed by atoms with Gasteiger partial charge in [0, 0.05) is 41.2 Å². The number of aromatic amines is 1. The Kier molecular flexibility index (Phi) is 5.45. The van der Waals surface area contributed by atoms with Crippen LogP contribution in [0.15, 0.2) is 41.9 Å². The van der Waals surface area contributed by atoms with Gasteiger partial charge in [0.1, 0.15) is 4.83 Å². The topological polar surface area (TPSA) is 137 Å². The number of H-pyrrole nitrogens is 1. The first-order chi connectivity index (χ1) is 17.6. The van der Waals surface area contributed by atoms with Crippen molar-refractivity contribution in [2.75, 3.05) is 18.0 Å². The fourth-order valence-corrected chi connectivity index (χ4v) is 6.35. The molecular formula is C27H28N6O3S. The van der Waals surface area contributed by atoms with Crippen LogP contribution in [-0.2, 0) is 9.59 Å². The maximum Gasteiger partial charge on any atom is 0.261 e. The van der Waals surface area contributed by atoms with Crippen LogP contribution in [-0.4, -0.2) is 56.1 Å². The summed E-state index contributed by atoms with van der Waals surface area (Å²) in [6.07, 6.45) is 3.63. The van der Waals surface area contributed by atoms with Gasteiger partial charge in [0.05, 0.1) is 28.0 Å². The number of hydrogen-bond donors (Lipinski definition) is 4. The molecule has 0 spiro atoms. The minimum absolute atomic E-state index is 0.254. The molecule has 2 aliphatic rings. The molecule has 0 aliphatic carbocycles. The lowest BCUT2D eigenvalue weighted by Crippen LogP contribution is -2.53. The highest BCUT2D eigenvalue weighted by molar-refractivity contribution is 7.16. The van der Waals surface area contributed by atoms with E-state index in [0.717, 1.165) is 10.2 Å². The number of thiophene rings is 1. The summed E-state index contributed by atoms with van der Waals surface area (Å²) in [7, 11) is 0. The van der Waals surface area contributed by atoms with Gasteiger partial charge in [0.15, 0.2) is 0 Å². The Labute approximate surface area is 217 Å². The number of hydrogen-bond acceptors (Lipinski definition) is 8. The van der Waals surface area contributed by atoms with Crippen molar-refractivity contribution in [2.24, 2.45) is 5.73 Å². The number of nitrogens with two attached hydrogens (primary N) is 1. The average Bonchev–Trinajstić information content (AvgIpc) is 3.52. The van der Waals surface area contributed by atoms with E-state index < -0.39 is 23.0 Å². The third-order valence-corrected chi connectivity index (χ3v) is 8.00. The molecule has 1 fully saturated rings. The number of aromatic nitrogens is 3. The second-order valence-electron chi connectivity index (χ2n) is 10.6. The molecule has 3 aromatic heterocycles. The van der Waals surface area contributed by atoms with Crippen molar-refractivity contribution in [3.8, 4) is 0 Å². The Bertz CT molecular complexity index is 1590. The standard InChI is InChI=1S/C27H28N6O3S/c1-26(2,36)14-27(28)8-10-33(11-9-27)25-30-18-6-4-3-5-16(18)21(31-25)20-19(22(34)32-23(20)35)17-13-29-24-15(17)7-12-37-24/h3-7,12-13,29,36H,8-11,14,28H2,1-2H3,(H,32,34,35). The predicted molar refractivity (Wildman–Crippen MR) is 145 cm³/mol. The van der Waals surface area contributed by atoms with E-state index in [9.17, 15) is 14.7 Å². The molecule has 0 atom stereocenters. The van der Waals surface area contributed by atoms with E-state index in [0.29, 0.717) is 66.0 Å². The number of carbonyl (C=O) groups excluding carboxylic acids is 2. The van der Waals surface area contributed by atoms with E-state index in [1.165, 1.54) is 11.3 Å². The molecule has 9 nitrogen and oxygen atoms in total. The Morgan fingerprint density at radius 3 is 2.57 bits per heavy atom. The summed E-state index contributed by atoms with van der Waals surface area (Å²) in [6.45, 7) is 4.80. The van der Waals surface area contributed by atoms with E-state index in [-0.39, 0.29) is 5.57 Å². The number of rotatable bonds is 5. The van der Waals surface area contributed by atoms with Gasteiger partial charge < -0.3 is 20.7 Å². The first kappa shape index (κ1) is 23.8. The SMILES string of the molecule is CC(C)(O)CC1(N)CCN(c2nc(C3=C(c4c[nH]c5sccc45)C(=O)NC3=O)c3ccccc3n2)CC1. The summed E-state index contributed by atoms with van der Waals surface area (Å²) in [5.74, 6) is -0.411. The lowest BCUT2D eigenvalue weighted by Gasteiger charge is -2.42. The number of fused-ring (bicyclic) bond motifs is 2. The quantitative estimate of drug-likeness (QED) is 0.299. The third-order valence-electron chi connectivity index (χ3n) is 7.16. The second kappa shape index (κ2) is 8.47. The van der Waals surface area contributed by atoms with Crippen molar-refractivity contribution in [3.63, 3.8) is 0 Å². The van der Waals surface area contributed by atoms with Crippen molar-refractivity contribution in [3.05, 3.63) is 53.2 Å². The number of amides is 2. The number of para-hydroxylation sites is 1. The molecule has 5 N–H and O–H groups in total. The zero-order valence-corrected chi connectivity index (χ0v) is 21.5. The number of anilines is 1. The molecule has 10 heteroatoms. The predicted octanol–water partition coefficient (Wildman–Crippen LogP) is 3.20. The molecule has 190 valence electrons. The second-order valence-corrected chi connectivity index (χ2v) is 11.5. The largest absolute Gasteiger partial charge is 0.390 e. The average molecular weight is 517 g/mol. The van der Waals surface area contributed by atoms with Crippen molar-refractivity contribution in [1.82, 2.24) is 20.3 Å². The molecule has 1 aromatic carbocycles. The first-order valence-electron chi connectivity index (χ1n) is 12.3. The van der Waals surface area contributed by atoms with Crippen LogP contribution < -0.4 is 16.0 Å². The molecule has 0 unspecified atom stereocenters. The number of aliphatic hydroxyl groups is 1. The lowest BCUT2D eigenvalue weighted by molar-refractivity contribution is -0.122. The van der Waals surface area contributed by atoms with Crippen molar-refractivity contribution in [2.45, 2.75) is 44.2 Å². The van der Waals surface area contributed by atoms with Crippen LogP contribution in [0.5, 0.6) is 0 Å². The molecule has 0 radical (unpaired) electrons. The Balaban J connectivity index is 1.46. The number of nitrogens with zero attached hydrogens (tertiary/aromatic N) is 3. The van der Waals surface area contributed by atoms with E-state index >= 15 is 0 Å². The van der Waals surface area contributed by atoms with Gasteiger partial charge in [0.2, 0.25) is 5.95 Å². The number of benzene rings is 1. The van der Waals surface area contributed by atoms with Gasteiger partial charge in [-0.25, -0.2) is 9.97 Å². The van der Waals surface area contributed by atoms with E-state index in [1.807, 2.05) is 35.7 Å². The molecule has 1 saturated heterocycles. The highest BCUT2D eigenvalue weighted by Crippen LogP contribution is 2.38. The van der Waals surface area contributed by atoms with Gasteiger partial charge in [0.25, 0.3) is 11.8 Å². The minimum atomic E-state index is -0.846. The maximum atomic E-state index is 13.2. The number of piperidine rings is 1. The van der Waals surface area contributed by atoms with Gasteiger partial charge >= 0.3 is 0 Å². The fraction of sp³-hybridized carbons (Fsp3) is 0.333. The van der Waals surface area contributed by atoms with Crippen LogP contribution in [0.1, 0.15) is 44.4 Å². The maximum absolute atomic E-state index is 13.2. The summed E-state index contributed by atoms with van der Waals surface area (Å²) < 4.78 is 0. The van der Waals surface area contributed by atoms with Gasteiger partial charge in [-0.1, -0.05) is 18.2 Å².